The number of rotatable bonds is 6. The van der Waals surface area contributed by atoms with E-state index in [1.165, 1.54) is 23.9 Å². The number of carbonyl (C=O) groups is 1. The molecule has 0 aromatic heterocycles. The summed E-state index contributed by atoms with van der Waals surface area (Å²) in [7, 11) is 1.57. The van der Waals surface area contributed by atoms with Gasteiger partial charge in [-0.2, -0.15) is 0 Å². The number of thioether (sulfide) groups is 1. The topological polar surface area (TPSA) is 38.3 Å². The molecule has 1 N–H and O–H groups in total. The second-order valence-electron chi connectivity index (χ2n) is 4.51. The van der Waals surface area contributed by atoms with Gasteiger partial charge < -0.3 is 10.1 Å². The van der Waals surface area contributed by atoms with Crippen molar-refractivity contribution in [3.63, 3.8) is 0 Å². The van der Waals surface area contributed by atoms with Crippen molar-refractivity contribution in [1.82, 2.24) is 0 Å². The second-order valence-corrected chi connectivity index (χ2v) is 5.90. The van der Waals surface area contributed by atoms with Crippen molar-refractivity contribution in [2.45, 2.75) is 5.75 Å². The quantitative estimate of drug-likeness (QED) is 0.849. The Bertz CT molecular complexity index is 666. The molecule has 6 heteroatoms. The summed E-state index contributed by atoms with van der Waals surface area (Å²) in [6.45, 7) is 0. The molecule has 0 atom stereocenters. The van der Waals surface area contributed by atoms with E-state index in [-0.39, 0.29) is 17.5 Å². The van der Waals surface area contributed by atoms with Crippen molar-refractivity contribution >= 4 is 35.0 Å². The van der Waals surface area contributed by atoms with Crippen molar-refractivity contribution in [3.8, 4) is 5.75 Å². The molecule has 0 unspecified atom stereocenters. The molecule has 2 rings (SSSR count). The van der Waals surface area contributed by atoms with Crippen molar-refractivity contribution in [2.24, 2.45) is 0 Å². The first-order valence-electron chi connectivity index (χ1n) is 6.54. The maximum atomic E-state index is 12.9. The first kappa shape index (κ1) is 16.6. The summed E-state index contributed by atoms with van der Waals surface area (Å²) in [4.78, 5) is 11.9. The van der Waals surface area contributed by atoms with Gasteiger partial charge in [0.1, 0.15) is 11.6 Å². The van der Waals surface area contributed by atoms with Crippen molar-refractivity contribution in [1.29, 1.82) is 0 Å². The van der Waals surface area contributed by atoms with Crippen LogP contribution in [0.25, 0.3) is 0 Å². The molecule has 0 aliphatic carbocycles. The second kappa shape index (κ2) is 8.06. The van der Waals surface area contributed by atoms with Gasteiger partial charge in [-0.05, 0) is 29.8 Å². The number of amides is 1. The minimum atomic E-state index is -0.366. The zero-order valence-electron chi connectivity index (χ0n) is 11.9. The van der Waals surface area contributed by atoms with Crippen LogP contribution in [0.1, 0.15) is 5.56 Å². The summed E-state index contributed by atoms with van der Waals surface area (Å²) in [5, 5.41) is 3.17. The van der Waals surface area contributed by atoms with Crippen LogP contribution < -0.4 is 10.1 Å². The average molecular weight is 340 g/mol. The third-order valence-electron chi connectivity index (χ3n) is 2.86. The highest BCUT2D eigenvalue weighted by atomic mass is 35.5. The number of benzene rings is 2. The highest BCUT2D eigenvalue weighted by molar-refractivity contribution is 7.99. The third-order valence-corrected chi connectivity index (χ3v) is 4.19. The number of anilines is 1. The molecule has 22 heavy (non-hydrogen) atoms. The van der Waals surface area contributed by atoms with Gasteiger partial charge in [0.25, 0.3) is 0 Å². The fraction of sp³-hybridized carbons (Fsp3) is 0.188. The fourth-order valence-corrected chi connectivity index (χ4v) is 2.93. The highest BCUT2D eigenvalue weighted by Gasteiger charge is 2.06. The number of nitrogens with one attached hydrogen (secondary N) is 1. The summed E-state index contributed by atoms with van der Waals surface area (Å²) < 4.78 is 18.0. The molecule has 116 valence electrons. The van der Waals surface area contributed by atoms with E-state index in [4.69, 9.17) is 16.3 Å². The number of hydrogen-bond acceptors (Lipinski definition) is 3. The summed E-state index contributed by atoms with van der Waals surface area (Å²) in [5.41, 5.74) is 1.49. The van der Waals surface area contributed by atoms with Crippen LogP contribution in [0.15, 0.2) is 42.5 Å². The Morgan fingerprint density at radius 3 is 2.86 bits per heavy atom. The molecule has 0 saturated heterocycles. The van der Waals surface area contributed by atoms with E-state index in [9.17, 15) is 9.18 Å². The standard InChI is InChI=1S/C16H15ClFNO2S/c1-21-14-4-2-3-13(8-14)19-16(20)10-22-9-11-5-6-12(18)7-15(11)17/h2-8H,9-10H2,1H3,(H,19,20). The Morgan fingerprint density at radius 1 is 1.32 bits per heavy atom. The van der Waals surface area contributed by atoms with Gasteiger partial charge in [0.2, 0.25) is 5.91 Å². The Hall–Kier alpha value is -1.72. The monoisotopic (exact) mass is 339 g/mol. The number of halogens is 2. The molecule has 0 heterocycles. The lowest BCUT2D eigenvalue weighted by atomic mass is 10.2. The van der Waals surface area contributed by atoms with Crippen LogP contribution in [0.5, 0.6) is 5.75 Å². The lowest BCUT2D eigenvalue weighted by molar-refractivity contribution is -0.113. The van der Waals surface area contributed by atoms with Crippen LogP contribution in [0.4, 0.5) is 10.1 Å². The van der Waals surface area contributed by atoms with Gasteiger partial charge in [0.05, 0.1) is 12.9 Å². The molecule has 0 saturated carbocycles. The zero-order chi connectivity index (χ0) is 15.9. The lowest BCUT2D eigenvalue weighted by Crippen LogP contribution is -2.14. The van der Waals surface area contributed by atoms with E-state index < -0.39 is 0 Å². The van der Waals surface area contributed by atoms with E-state index in [1.54, 1.807) is 37.4 Å². The third kappa shape index (κ3) is 4.93. The molecule has 1 amide bonds. The van der Waals surface area contributed by atoms with Crippen LogP contribution in [0, 0.1) is 5.82 Å². The minimum Gasteiger partial charge on any atom is -0.497 e. The Labute approximate surface area is 137 Å². The van der Waals surface area contributed by atoms with E-state index in [0.29, 0.717) is 22.2 Å². The summed E-state index contributed by atoms with van der Waals surface area (Å²) in [6.07, 6.45) is 0. The van der Waals surface area contributed by atoms with Crippen LogP contribution in [0.3, 0.4) is 0 Å². The molecule has 2 aromatic carbocycles. The Balaban J connectivity index is 1.82. The largest absolute Gasteiger partial charge is 0.497 e. The lowest BCUT2D eigenvalue weighted by Gasteiger charge is -2.07. The van der Waals surface area contributed by atoms with E-state index in [1.807, 2.05) is 0 Å². The number of ether oxygens (including phenoxy) is 1. The van der Waals surface area contributed by atoms with Crippen molar-refractivity contribution < 1.29 is 13.9 Å². The summed E-state index contributed by atoms with van der Waals surface area (Å²) >= 11 is 7.35. The van der Waals surface area contributed by atoms with Crippen LogP contribution >= 0.6 is 23.4 Å². The van der Waals surface area contributed by atoms with Crippen molar-refractivity contribution in [2.75, 3.05) is 18.2 Å². The van der Waals surface area contributed by atoms with Crippen LogP contribution in [-0.2, 0) is 10.5 Å². The molecule has 0 bridgehead atoms. The predicted octanol–water partition coefficient (Wildman–Crippen LogP) is 4.36. The molecule has 0 aliphatic rings. The van der Waals surface area contributed by atoms with Gasteiger partial charge >= 0.3 is 0 Å². The van der Waals surface area contributed by atoms with Gasteiger partial charge in [-0.25, -0.2) is 4.39 Å². The highest BCUT2D eigenvalue weighted by Crippen LogP contribution is 2.22. The fourth-order valence-electron chi connectivity index (χ4n) is 1.79. The normalized spacial score (nSPS) is 10.3. The van der Waals surface area contributed by atoms with Crippen molar-refractivity contribution in [3.05, 3.63) is 58.9 Å². The van der Waals surface area contributed by atoms with Gasteiger partial charge in [-0.1, -0.05) is 23.7 Å². The van der Waals surface area contributed by atoms with Gasteiger partial charge in [0.15, 0.2) is 0 Å². The SMILES string of the molecule is COc1cccc(NC(=O)CSCc2ccc(F)cc2Cl)c1. The molecular weight excluding hydrogens is 325 g/mol. The minimum absolute atomic E-state index is 0.114. The van der Waals surface area contributed by atoms with Crippen LogP contribution in [-0.4, -0.2) is 18.8 Å². The average Bonchev–Trinajstić information content (AvgIpc) is 2.49. The molecule has 0 radical (unpaired) electrons. The maximum Gasteiger partial charge on any atom is 0.234 e. The maximum absolute atomic E-state index is 12.9. The number of carbonyl (C=O) groups excluding carboxylic acids is 1. The molecule has 0 spiro atoms. The first-order valence-corrected chi connectivity index (χ1v) is 8.07. The molecule has 0 fully saturated rings. The molecule has 2 aromatic rings. The van der Waals surface area contributed by atoms with E-state index in [2.05, 4.69) is 5.32 Å². The Morgan fingerprint density at radius 2 is 2.14 bits per heavy atom. The zero-order valence-corrected chi connectivity index (χ0v) is 13.5. The number of hydrogen-bond donors (Lipinski definition) is 1. The smallest absolute Gasteiger partial charge is 0.234 e. The Kier molecular flexibility index (Phi) is 6.10. The van der Waals surface area contributed by atoms with Gasteiger partial charge in [0, 0.05) is 22.5 Å². The molecular formula is C16H15ClFNO2S. The van der Waals surface area contributed by atoms with E-state index in [0.717, 1.165) is 5.56 Å². The first-order chi connectivity index (χ1) is 10.6. The van der Waals surface area contributed by atoms with Gasteiger partial charge in [-0.3, -0.25) is 4.79 Å². The number of methoxy groups -OCH3 is 1. The summed E-state index contributed by atoms with van der Waals surface area (Å²) in [5.74, 6) is 1.03. The summed E-state index contributed by atoms with van der Waals surface area (Å²) in [6, 6.07) is 11.4. The van der Waals surface area contributed by atoms with E-state index >= 15 is 0 Å². The van der Waals surface area contributed by atoms with Gasteiger partial charge in [-0.15, -0.1) is 11.8 Å². The molecule has 3 nitrogen and oxygen atoms in total. The molecule has 0 aliphatic heterocycles. The van der Waals surface area contributed by atoms with Crippen LogP contribution in [0.2, 0.25) is 5.02 Å². The predicted molar refractivity (Wildman–Crippen MR) is 89.2 cm³/mol.